The van der Waals surface area contributed by atoms with Gasteiger partial charge in [0.15, 0.2) is 0 Å². The third-order valence-electron chi connectivity index (χ3n) is 4.03. The number of halogens is 4. The Bertz CT molecular complexity index is 234. The predicted octanol–water partition coefficient (Wildman–Crippen LogP) is 2.68. The third-order valence-corrected chi connectivity index (χ3v) is 4.03. The topological polar surface area (TPSA) is 15.3 Å². The van der Waals surface area contributed by atoms with E-state index in [9.17, 15) is 13.2 Å². The third kappa shape index (κ3) is 4.59. The summed E-state index contributed by atoms with van der Waals surface area (Å²) in [5.74, 6) is -0.384. The van der Waals surface area contributed by atoms with Crippen LogP contribution in [-0.4, -0.2) is 43.8 Å². The van der Waals surface area contributed by atoms with E-state index in [-0.39, 0.29) is 25.2 Å². The van der Waals surface area contributed by atoms with Gasteiger partial charge in [-0.05, 0) is 57.8 Å². The summed E-state index contributed by atoms with van der Waals surface area (Å²) in [6, 6.07) is 0. The van der Waals surface area contributed by atoms with Crippen molar-refractivity contribution in [3.63, 3.8) is 0 Å². The molecule has 0 aromatic carbocycles. The zero-order valence-electron chi connectivity index (χ0n) is 10.5. The molecular formula is C12H22ClF3N2. The zero-order chi connectivity index (χ0) is 12.3. The molecule has 2 heterocycles. The van der Waals surface area contributed by atoms with Crippen LogP contribution >= 0.6 is 12.4 Å². The molecule has 0 spiro atoms. The molecule has 0 aliphatic carbocycles. The van der Waals surface area contributed by atoms with Gasteiger partial charge in [0.2, 0.25) is 0 Å². The maximum Gasteiger partial charge on any atom is 0.391 e. The minimum absolute atomic E-state index is 0. The van der Waals surface area contributed by atoms with Gasteiger partial charge in [-0.2, -0.15) is 13.2 Å². The first kappa shape index (κ1) is 16.1. The van der Waals surface area contributed by atoms with Gasteiger partial charge in [-0.1, -0.05) is 0 Å². The van der Waals surface area contributed by atoms with Gasteiger partial charge in [0, 0.05) is 6.54 Å². The van der Waals surface area contributed by atoms with E-state index < -0.39 is 12.1 Å². The summed E-state index contributed by atoms with van der Waals surface area (Å²) >= 11 is 0. The van der Waals surface area contributed by atoms with Crippen molar-refractivity contribution in [1.29, 1.82) is 0 Å². The summed E-state index contributed by atoms with van der Waals surface area (Å²) < 4.78 is 37.5. The molecule has 0 bridgehead atoms. The van der Waals surface area contributed by atoms with Crippen LogP contribution in [0, 0.1) is 11.8 Å². The molecule has 108 valence electrons. The van der Waals surface area contributed by atoms with Crippen LogP contribution in [0.4, 0.5) is 13.2 Å². The maximum absolute atomic E-state index is 12.5. The molecule has 2 aliphatic heterocycles. The summed E-state index contributed by atoms with van der Waals surface area (Å²) in [5, 5.41) is 3.31. The SMILES string of the molecule is Cl.FC(F)(F)C1CCN(CC2CCNCC2)CC1. The average molecular weight is 287 g/mol. The summed E-state index contributed by atoms with van der Waals surface area (Å²) in [4.78, 5) is 2.22. The van der Waals surface area contributed by atoms with E-state index in [0.29, 0.717) is 19.0 Å². The fraction of sp³-hybridized carbons (Fsp3) is 1.00. The number of alkyl halides is 3. The highest BCUT2D eigenvalue weighted by Crippen LogP contribution is 2.34. The van der Waals surface area contributed by atoms with Crippen molar-refractivity contribution in [2.24, 2.45) is 11.8 Å². The van der Waals surface area contributed by atoms with Gasteiger partial charge < -0.3 is 10.2 Å². The van der Waals surface area contributed by atoms with E-state index in [1.54, 1.807) is 0 Å². The maximum atomic E-state index is 12.5. The van der Waals surface area contributed by atoms with E-state index in [0.717, 1.165) is 19.6 Å². The molecule has 2 nitrogen and oxygen atoms in total. The van der Waals surface area contributed by atoms with Gasteiger partial charge in [-0.3, -0.25) is 0 Å². The molecule has 0 aromatic heterocycles. The lowest BCUT2D eigenvalue weighted by molar-refractivity contribution is -0.185. The Balaban J connectivity index is 0.00000162. The second kappa shape index (κ2) is 6.96. The Morgan fingerprint density at radius 3 is 2.06 bits per heavy atom. The van der Waals surface area contributed by atoms with Gasteiger partial charge in [-0.15, -0.1) is 12.4 Å². The molecule has 1 N–H and O–H groups in total. The number of rotatable bonds is 2. The van der Waals surface area contributed by atoms with Gasteiger partial charge >= 0.3 is 6.18 Å². The fourth-order valence-corrected chi connectivity index (χ4v) is 2.87. The number of hydrogen-bond acceptors (Lipinski definition) is 2. The Labute approximate surface area is 113 Å². The van der Waals surface area contributed by atoms with Crippen molar-refractivity contribution in [3.05, 3.63) is 0 Å². The highest BCUT2D eigenvalue weighted by molar-refractivity contribution is 5.85. The lowest BCUT2D eigenvalue weighted by atomic mass is 9.93. The molecule has 6 heteroatoms. The lowest BCUT2D eigenvalue weighted by Gasteiger charge is -2.36. The second-order valence-electron chi connectivity index (χ2n) is 5.31. The first-order valence-corrected chi connectivity index (χ1v) is 6.55. The fourth-order valence-electron chi connectivity index (χ4n) is 2.87. The van der Waals surface area contributed by atoms with E-state index >= 15 is 0 Å². The molecule has 0 saturated carbocycles. The molecule has 0 atom stereocenters. The summed E-state index contributed by atoms with van der Waals surface area (Å²) in [6.45, 7) is 4.35. The van der Waals surface area contributed by atoms with E-state index in [1.165, 1.54) is 12.8 Å². The smallest absolute Gasteiger partial charge is 0.317 e. The van der Waals surface area contributed by atoms with Gasteiger partial charge in [0.05, 0.1) is 5.92 Å². The molecule has 0 amide bonds. The lowest BCUT2D eigenvalue weighted by Crippen LogP contribution is -2.42. The normalized spacial score (nSPS) is 24.8. The number of hydrogen-bond donors (Lipinski definition) is 1. The quantitative estimate of drug-likeness (QED) is 0.840. The van der Waals surface area contributed by atoms with Gasteiger partial charge in [0.25, 0.3) is 0 Å². The Morgan fingerprint density at radius 2 is 1.56 bits per heavy atom. The Hall–Kier alpha value is -0.0000000000000000416. The van der Waals surface area contributed by atoms with Crippen molar-refractivity contribution >= 4 is 12.4 Å². The largest absolute Gasteiger partial charge is 0.391 e. The highest BCUT2D eigenvalue weighted by atomic mass is 35.5. The monoisotopic (exact) mass is 286 g/mol. The molecule has 2 fully saturated rings. The molecule has 2 rings (SSSR count). The Kier molecular flexibility index (Phi) is 6.21. The molecular weight excluding hydrogens is 265 g/mol. The number of piperidine rings is 2. The number of nitrogens with zero attached hydrogens (tertiary/aromatic N) is 1. The first-order chi connectivity index (χ1) is 8.05. The van der Waals surface area contributed by atoms with E-state index in [1.807, 2.05) is 0 Å². The molecule has 0 aromatic rings. The van der Waals surface area contributed by atoms with Crippen molar-refractivity contribution in [2.45, 2.75) is 31.9 Å². The van der Waals surface area contributed by atoms with Crippen LogP contribution in [0.25, 0.3) is 0 Å². The van der Waals surface area contributed by atoms with E-state index in [2.05, 4.69) is 10.2 Å². The number of nitrogens with one attached hydrogen (secondary N) is 1. The van der Waals surface area contributed by atoms with Crippen LogP contribution in [0.3, 0.4) is 0 Å². The van der Waals surface area contributed by atoms with Gasteiger partial charge in [0.1, 0.15) is 0 Å². The number of likely N-dealkylation sites (tertiary alicyclic amines) is 1. The van der Waals surface area contributed by atoms with E-state index in [4.69, 9.17) is 0 Å². The molecule has 0 unspecified atom stereocenters. The average Bonchev–Trinajstić information content (AvgIpc) is 2.30. The van der Waals surface area contributed by atoms with Crippen molar-refractivity contribution in [2.75, 3.05) is 32.7 Å². The van der Waals surface area contributed by atoms with Gasteiger partial charge in [-0.25, -0.2) is 0 Å². The standard InChI is InChI=1S/C12H21F3N2.ClH/c13-12(14,15)11-3-7-17(8-4-11)9-10-1-5-16-6-2-10;/h10-11,16H,1-9H2;1H. The second-order valence-corrected chi connectivity index (χ2v) is 5.31. The van der Waals surface area contributed by atoms with Crippen molar-refractivity contribution < 1.29 is 13.2 Å². The van der Waals surface area contributed by atoms with Crippen LogP contribution in [0.5, 0.6) is 0 Å². The predicted molar refractivity (Wildman–Crippen MR) is 68.1 cm³/mol. The van der Waals surface area contributed by atoms with Crippen LogP contribution in [0.2, 0.25) is 0 Å². The highest BCUT2D eigenvalue weighted by Gasteiger charge is 2.41. The molecule has 2 aliphatic rings. The molecule has 18 heavy (non-hydrogen) atoms. The van der Waals surface area contributed by atoms with Crippen molar-refractivity contribution in [1.82, 2.24) is 10.2 Å². The summed E-state index contributed by atoms with van der Waals surface area (Å²) in [5.41, 5.74) is 0. The van der Waals surface area contributed by atoms with Crippen LogP contribution in [0.1, 0.15) is 25.7 Å². The van der Waals surface area contributed by atoms with Crippen LogP contribution in [-0.2, 0) is 0 Å². The summed E-state index contributed by atoms with van der Waals surface area (Å²) in [7, 11) is 0. The van der Waals surface area contributed by atoms with Crippen molar-refractivity contribution in [3.8, 4) is 0 Å². The minimum atomic E-state index is -3.99. The molecule has 0 radical (unpaired) electrons. The zero-order valence-corrected chi connectivity index (χ0v) is 11.3. The molecule has 2 saturated heterocycles. The Morgan fingerprint density at radius 1 is 1.00 bits per heavy atom. The van der Waals surface area contributed by atoms with Crippen LogP contribution in [0.15, 0.2) is 0 Å². The summed E-state index contributed by atoms with van der Waals surface area (Å²) in [6.07, 6.45) is -1.08. The minimum Gasteiger partial charge on any atom is -0.317 e. The first-order valence-electron chi connectivity index (χ1n) is 6.55. The van der Waals surface area contributed by atoms with Crippen LogP contribution < -0.4 is 5.32 Å².